The largest absolute Gasteiger partial charge is 0.507 e. The molecule has 0 radical (unpaired) electrons. The number of hydrogen-bond donors (Lipinski definition) is 1. The molecule has 0 aliphatic carbocycles. The van der Waals surface area contributed by atoms with E-state index in [9.17, 15) is 14.7 Å². The third-order valence-corrected chi connectivity index (χ3v) is 8.31. The normalized spacial score (nSPS) is 16.5. The van der Waals surface area contributed by atoms with Gasteiger partial charge in [0.25, 0.3) is 0 Å². The van der Waals surface area contributed by atoms with E-state index in [1.54, 1.807) is 23.2 Å². The van der Waals surface area contributed by atoms with E-state index in [1.807, 2.05) is 25.7 Å². The standard InChI is InChI=1S/C31H30ClFN6O4/c1-5-21(41)37-12-13-38-18(15-37)10-14-43-28-23-29(38)36-31(42)39(27-17(4)9-11-34-25(27)16(2)3)30(23)35-26(24(28)33)22-19(32)7-6-8-20(22)40/h5-9,11,16,18,40H,1,10,12-15H2,2-4H3. The third-order valence-electron chi connectivity index (χ3n) is 8.00. The highest BCUT2D eigenvalue weighted by Crippen LogP contribution is 2.44. The number of aromatic nitrogens is 4. The van der Waals surface area contributed by atoms with Gasteiger partial charge in [-0.1, -0.05) is 38.1 Å². The van der Waals surface area contributed by atoms with Crippen LogP contribution in [-0.2, 0) is 4.79 Å². The minimum absolute atomic E-state index is 0.0238. The molecule has 222 valence electrons. The van der Waals surface area contributed by atoms with Gasteiger partial charge in [-0.25, -0.2) is 18.7 Å². The van der Waals surface area contributed by atoms with Gasteiger partial charge >= 0.3 is 5.69 Å². The molecule has 0 spiro atoms. The number of benzene rings is 1. The Morgan fingerprint density at radius 1 is 1.26 bits per heavy atom. The van der Waals surface area contributed by atoms with Crippen molar-refractivity contribution >= 4 is 34.4 Å². The summed E-state index contributed by atoms with van der Waals surface area (Å²) in [6.45, 7) is 10.6. The Bertz CT molecular complexity index is 1840. The molecule has 0 bridgehead atoms. The van der Waals surface area contributed by atoms with E-state index in [2.05, 4.69) is 16.5 Å². The van der Waals surface area contributed by atoms with Crippen LogP contribution in [0.5, 0.6) is 11.5 Å². The number of anilines is 1. The van der Waals surface area contributed by atoms with Gasteiger partial charge in [-0.05, 0) is 42.7 Å². The topological polar surface area (TPSA) is 114 Å². The Labute approximate surface area is 252 Å². The SMILES string of the molecule is C=CC(=O)N1CCN2c3nc(=O)n(-c4c(C)ccnc4C(C)C)c4nc(-c5c(O)cccc5Cl)c(F)c(c34)OCCC2C1. The summed E-state index contributed by atoms with van der Waals surface area (Å²) >= 11 is 6.46. The third kappa shape index (κ3) is 4.68. The highest BCUT2D eigenvalue weighted by Gasteiger charge is 2.36. The molecule has 1 unspecified atom stereocenters. The molecule has 1 fully saturated rings. The fourth-order valence-corrected chi connectivity index (χ4v) is 6.19. The van der Waals surface area contributed by atoms with Crippen molar-refractivity contribution < 1.29 is 19.0 Å². The van der Waals surface area contributed by atoms with Crippen molar-refractivity contribution in [3.63, 3.8) is 0 Å². The fraction of sp³-hybridized carbons (Fsp3) is 0.323. The van der Waals surface area contributed by atoms with Crippen molar-refractivity contribution in [1.82, 2.24) is 24.4 Å². The smallest absolute Gasteiger partial charge is 0.355 e. The van der Waals surface area contributed by atoms with Crippen molar-refractivity contribution in [1.29, 1.82) is 0 Å². The molecule has 3 aromatic heterocycles. The molecule has 0 saturated carbocycles. The van der Waals surface area contributed by atoms with E-state index >= 15 is 4.39 Å². The van der Waals surface area contributed by atoms with Crippen LogP contribution in [0.4, 0.5) is 10.2 Å². The number of ether oxygens (including phenoxy) is 1. The lowest BCUT2D eigenvalue weighted by molar-refractivity contribution is -0.126. The van der Waals surface area contributed by atoms with Crippen molar-refractivity contribution in [3.8, 4) is 28.4 Å². The summed E-state index contributed by atoms with van der Waals surface area (Å²) in [5.41, 5.74) is 1.03. The fourth-order valence-electron chi connectivity index (χ4n) is 5.93. The Kier molecular flexibility index (Phi) is 7.29. The molecular weight excluding hydrogens is 575 g/mol. The van der Waals surface area contributed by atoms with Crippen LogP contribution in [0.25, 0.3) is 28.0 Å². The summed E-state index contributed by atoms with van der Waals surface area (Å²) in [5, 5.41) is 11.0. The van der Waals surface area contributed by atoms with E-state index in [-0.39, 0.29) is 69.1 Å². The molecule has 1 N–H and O–H groups in total. The number of carbonyl (C=O) groups excluding carboxylic acids is 1. The highest BCUT2D eigenvalue weighted by atomic mass is 35.5. The number of aromatic hydroxyl groups is 1. The number of pyridine rings is 2. The van der Waals surface area contributed by atoms with Gasteiger partial charge in [-0.2, -0.15) is 4.98 Å². The molecule has 1 aromatic carbocycles. The molecule has 43 heavy (non-hydrogen) atoms. The number of hydrogen-bond acceptors (Lipinski definition) is 8. The lowest BCUT2D eigenvalue weighted by Crippen LogP contribution is -2.56. The number of nitrogens with zero attached hydrogens (tertiary/aromatic N) is 6. The maximum absolute atomic E-state index is 16.6. The number of aryl methyl sites for hydroxylation is 1. The molecule has 6 rings (SSSR count). The number of piperazine rings is 1. The van der Waals surface area contributed by atoms with E-state index in [0.29, 0.717) is 37.4 Å². The second kappa shape index (κ2) is 11.0. The van der Waals surface area contributed by atoms with Crippen molar-refractivity contribution in [3.05, 3.63) is 75.7 Å². The van der Waals surface area contributed by atoms with Gasteiger partial charge in [-0.3, -0.25) is 9.78 Å². The Morgan fingerprint density at radius 2 is 2.05 bits per heavy atom. The average molecular weight is 605 g/mol. The minimum Gasteiger partial charge on any atom is -0.507 e. The van der Waals surface area contributed by atoms with Crippen molar-refractivity contribution in [2.45, 2.75) is 39.2 Å². The van der Waals surface area contributed by atoms with E-state index in [4.69, 9.17) is 21.3 Å². The zero-order chi connectivity index (χ0) is 30.6. The van der Waals surface area contributed by atoms with Crippen LogP contribution in [0.3, 0.4) is 0 Å². The lowest BCUT2D eigenvalue weighted by atomic mass is 10.0. The van der Waals surface area contributed by atoms with Crippen LogP contribution in [0, 0.1) is 12.7 Å². The number of fused-ring (bicyclic) bond motifs is 2. The zero-order valence-corrected chi connectivity index (χ0v) is 24.7. The van der Waals surface area contributed by atoms with Crippen LogP contribution in [0.1, 0.15) is 37.4 Å². The number of amides is 1. The first-order valence-electron chi connectivity index (χ1n) is 14.0. The maximum atomic E-state index is 16.6. The summed E-state index contributed by atoms with van der Waals surface area (Å²) in [6.07, 6.45) is 3.38. The molecule has 10 nitrogen and oxygen atoms in total. The molecule has 2 aliphatic rings. The van der Waals surface area contributed by atoms with Gasteiger partial charge in [0.15, 0.2) is 17.2 Å². The van der Waals surface area contributed by atoms with Gasteiger partial charge in [0, 0.05) is 32.3 Å². The van der Waals surface area contributed by atoms with Gasteiger partial charge < -0.3 is 19.6 Å². The zero-order valence-electron chi connectivity index (χ0n) is 24.0. The second-order valence-electron chi connectivity index (χ2n) is 11.0. The second-order valence-corrected chi connectivity index (χ2v) is 11.4. The molecule has 1 saturated heterocycles. The van der Waals surface area contributed by atoms with Crippen LogP contribution in [0.2, 0.25) is 5.02 Å². The molecule has 2 aliphatic heterocycles. The van der Waals surface area contributed by atoms with Crippen LogP contribution in [0.15, 0.2) is 47.9 Å². The van der Waals surface area contributed by atoms with Crippen molar-refractivity contribution in [2.24, 2.45) is 0 Å². The molecule has 12 heteroatoms. The lowest BCUT2D eigenvalue weighted by Gasteiger charge is -2.43. The predicted molar refractivity (Wildman–Crippen MR) is 162 cm³/mol. The first-order chi connectivity index (χ1) is 20.6. The van der Waals surface area contributed by atoms with Crippen molar-refractivity contribution in [2.75, 3.05) is 31.1 Å². The Balaban J connectivity index is 1.72. The molecule has 4 aromatic rings. The number of rotatable bonds is 4. The van der Waals surface area contributed by atoms with Gasteiger partial charge in [0.2, 0.25) is 5.91 Å². The molecule has 5 heterocycles. The number of phenolic OH excluding ortho intramolecular Hbond substituents is 1. The van der Waals surface area contributed by atoms with E-state index in [0.717, 1.165) is 5.56 Å². The minimum atomic E-state index is -0.838. The number of halogens is 2. The van der Waals surface area contributed by atoms with Gasteiger partial charge in [0.05, 0.1) is 34.6 Å². The summed E-state index contributed by atoms with van der Waals surface area (Å²) in [6, 6.07) is 5.98. The quantitative estimate of drug-likeness (QED) is 0.332. The average Bonchev–Trinajstić information content (AvgIpc) is 2.97. The first-order valence-corrected chi connectivity index (χ1v) is 14.4. The molecule has 1 atom stereocenters. The monoisotopic (exact) mass is 604 g/mol. The van der Waals surface area contributed by atoms with Crippen LogP contribution < -0.4 is 15.3 Å². The van der Waals surface area contributed by atoms with Gasteiger partial charge in [0.1, 0.15) is 22.6 Å². The van der Waals surface area contributed by atoms with Gasteiger partial charge in [-0.15, -0.1) is 0 Å². The Hall–Kier alpha value is -4.51. The molecular formula is C31H30ClFN6O4. The Morgan fingerprint density at radius 3 is 2.77 bits per heavy atom. The summed E-state index contributed by atoms with van der Waals surface area (Å²) in [4.78, 5) is 43.9. The van der Waals surface area contributed by atoms with Crippen LogP contribution in [-0.4, -0.2) is 67.7 Å². The summed E-state index contributed by atoms with van der Waals surface area (Å²) in [7, 11) is 0. The first kappa shape index (κ1) is 28.6. The predicted octanol–water partition coefficient (Wildman–Crippen LogP) is 4.76. The van der Waals surface area contributed by atoms with E-state index < -0.39 is 11.5 Å². The number of carbonyl (C=O) groups is 1. The summed E-state index contributed by atoms with van der Waals surface area (Å²) < 4.78 is 24.0. The van der Waals surface area contributed by atoms with E-state index in [1.165, 1.54) is 22.8 Å². The summed E-state index contributed by atoms with van der Waals surface area (Å²) in [5.74, 6) is -1.31. The molecule has 1 amide bonds. The number of phenols is 1. The van der Waals surface area contributed by atoms with Crippen LogP contribution >= 0.6 is 11.6 Å². The highest BCUT2D eigenvalue weighted by molar-refractivity contribution is 6.33. The maximum Gasteiger partial charge on any atom is 0.355 e.